The highest BCUT2D eigenvalue weighted by atomic mass is 16.5. The van der Waals surface area contributed by atoms with Gasteiger partial charge < -0.3 is 34.1 Å². The van der Waals surface area contributed by atoms with Crippen LogP contribution in [-0.2, 0) is 9.47 Å². The molecular weight excluding hydrogens is 466 g/mol. The first kappa shape index (κ1) is 25.6. The number of H-pyrrole nitrogens is 1. The Labute approximate surface area is 209 Å². The summed E-state index contributed by atoms with van der Waals surface area (Å²) in [4.78, 5) is 35.6. The normalized spacial score (nSPS) is 15.2. The molecule has 0 spiro atoms. The van der Waals surface area contributed by atoms with Crippen molar-refractivity contribution in [2.75, 3.05) is 59.1 Å². The van der Waals surface area contributed by atoms with Gasteiger partial charge in [-0.2, -0.15) is 15.0 Å². The highest BCUT2D eigenvalue weighted by molar-refractivity contribution is 5.90. The number of anilines is 1. The molecule has 1 aliphatic heterocycles. The Bertz CT molecular complexity index is 1160. The summed E-state index contributed by atoms with van der Waals surface area (Å²) in [7, 11) is 4.84. The number of carbonyl (C=O) groups is 1. The van der Waals surface area contributed by atoms with Gasteiger partial charge in [0.1, 0.15) is 17.5 Å². The molecule has 0 aromatic carbocycles. The molecule has 12 nitrogen and oxygen atoms in total. The zero-order chi connectivity index (χ0) is 25.5. The van der Waals surface area contributed by atoms with Crippen molar-refractivity contribution < 1.29 is 23.7 Å². The average Bonchev–Trinajstić information content (AvgIpc) is 3.33. The quantitative estimate of drug-likeness (QED) is 0.377. The molecule has 0 unspecified atom stereocenters. The predicted molar refractivity (Wildman–Crippen MR) is 133 cm³/mol. The number of pyridine rings is 1. The van der Waals surface area contributed by atoms with Crippen LogP contribution in [0.4, 0.5) is 5.95 Å². The van der Waals surface area contributed by atoms with Crippen LogP contribution in [-0.4, -0.2) is 91.1 Å². The van der Waals surface area contributed by atoms with Crippen molar-refractivity contribution in [3.63, 3.8) is 0 Å². The molecule has 1 saturated heterocycles. The Morgan fingerprint density at radius 3 is 2.72 bits per heavy atom. The van der Waals surface area contributed by atoms with Crippen LogP contribution in [0.15, 0.2) is 18.5 Å². The molecular formula is C24H33N7O5. The van der Waals surface area contributed by atoms with Gasteiger partial charge in [-0.05, 0) is 37.3 Å². The maximum Gasteiger partial charge on any atom is 0.322 e. The molecule has 0 bridgehead atoms. The first-order chi connectivity index (χ1) is 17.5. The number of hydrogen-bond donors (Lipinski definition) is 2. The third-order valence-electron chi connectivity index (χ3n) is 6.11. The van der Waals surface area contributed by atoms with E-state index in [2.05, 4.69) is 35.1 Å². The van der Waals surface area contributed by atoms with Crippen LogP contribution in [0.1, 0.15) is 41.9 Å². The number of carbonyl (C=O) groups excluding carboxylic acids is 1. The van der Waals surface area contributed by atoms with E-state index < -0.39 is 5.91 Å². The predicted octanol–water partition coefficient (Wildman–Crippen LogP) is 1.93. The second-order valence-electron chi connectivity index (χ2n) is 8.62. The van der Waals surface area contributed by atoms with Crippen molar-refractivity contribution in [2.24, 2.45) is 0 Å². The molecule has 1 atom stereocenters. The Kier molecular flexibility index (Phi) is 8.49. The summed E-state index contributed by atoms with van der Waals surface area (Å²) in [5.41, 5.74) is 2.02. The van der Waals surface area contributed by atoms with E-state index in [-0.39, 0.29) is 17.9 Å². The minimum absolute atomic E-state index is 0.00489. The van der Waals surface area contributed by atoms with Gasteiger partial charge in [0.15, 0.2) is 0 Å². The molecule has 0 saturated carbocycles. The number of ether oxygens (including phenoxy) is 4. The van der Waals surface area contributed by atoms with Crippen molar-refractivity contribution in [3.8, 4) is 11.8 Å². The van der Waals surface area contributed by atoms with Gasteiger partial charge in [-0.25, -0.2) is 4.98 Å². The first-order valence-electron chi connectivity index (χ1n) is 12.0. The molecule has 0 radical (unpaired) electrons. The summed E-state index contributed by atoms with van der Waals surface area (Å²) in [6.45, 7) is 4.37. The number of aromatic nitrogens is 5. The number of hydrogen-bond acceptors (Lipinski definition) is 10. The van der Waals surface area contributed by atoms with Gasteiger partial charge in [0.25, 0.3) is 5.91 Å². The van der Waals surface area contributed by atoms with Gasteiger partial charge in [0.05, 0.1) is 25.7 Å². The largest absolute Gasteiger partial charge is 0.496 e. The van der Waals surface area contributed by atoms with E-state index >= 15 is 0 Å². The number of amides is 1. The Hall–Kier alpha value is -3.51. The third kappa shape index (κ3) is 5.82. The molecule has 1 fully saturated rings. The molecule has 3 aromatic heterocycles. The van der Waals surface area contributed by atoms with Crippen molar-refractivity contribution in [1.29, 1.82) is 0 Å². The number of nitrogens with one attached hydrogen (secondary N) is 2. The highest BCUT2D eigenvalue weighted by Crippen LogP contribution is 2.37. The fourth-order valence-electron chi connectivity index (χ4n) is 4.37. The van der Waals surface area contributed by atoms with E-state index in [9.17, 15) is 4.79 Å². The number of piperidine rings is 1. The van der Waals surface area contributed by atoms with E-state index in [1.54, 1.807) is 27.5 Å². The lowest BCUT2D eigenvalue weighted by Crippen LogP contribution is -2.36. The molecule has 1 aliphatic rings. The van der Waals surface area contributed by atoms with E-state index in [1.165, 1.54) is 5.56 Å². The number of aromatic amines is 1. The topological polar surface area (TPSA) is 137 Å². The third-order valence-corrected chi connectivity index (χ3v) is 6.11. The Morgan fingerprint density at radius 1 is 1.19 bits per heavy atom. The summed E-state index contributed by atoms with van der Waals surface area (Å²) in [6.07, 6.45) is 5.23. The summed E-state index contributed by atoms with van der Waals surface area (Å²) in [5.74, 6) is 1.15. The van der Waals surface area contributed by atoms with E-state index in [4.69, 9.17) is 18.9 Å². The van der Waals surface area contributed by atoms with Crippen LogP contribution in [0.2, 0.25) is 0 Å². The van der Waals surface area contributed by atoms with Crippen LogP contribution < -0.4 is 19.7 Å². The zero-order valence-corrected chi connectivity index (χ0v) is 21.1. The van der Waals surface area contributed by atoms with Crippen LogP contribution >= 0.6 is 0 Å². The second-order valence-corrected chi connectivity index (χ2v) is 8.62. The average molecular weight is 500 g/mol. The maximum atomic E-state index is 12.7. The van der Waals surface area contributed by atoms with E-state index in [1.807, 2.05) is 19.2 Å². The molecule has 0 aliphatic carbocycles. The lowest BCUT2D eigenvalue weighted by atomic mass is 9.89. The van der Waals surface area contributed by atoms with Crippen LogP contribution in [0.5, 0.6) is 11.8 Å². The summed E-state index contributed by atoms with van der Waals surface area (Å²) in [6, 6.07) is 1.97. The fourth-order valence-corrected chi connectivity index (χ4v) is 4.37. The molecule has 12 heteroatoms. The Balaban J connectivity index is 1.52. The van der Waals surface area contributed by atoms with Gasteiger partial charge in [-0.1, -0.05) is 0 Å². The summed E-state index contributed by atoms with van der Waals surface area (Å²) >= 11 is 0. The molecule has 4 heterocycles. The van der Waals surface area contributed by atoms with E-state index in [0.29, 0.717) is 44.7 Å². The minimum atomic E-state index is -0.409. The number of fused-ring (bicyclic) bond motifs is 1. The van der Waals surface area contributed by atoms with E-state index in [0.717, 1.165) is 29.6 Å². The minimum Gasteiger partial charge on any atom is -0.496 e. The summed E-state index contributed by atoms with van der Waals surface area (Å²) in [5, 5.41) is 3.78. The monoisotopic (exact) mass is 499 g/mol. The SMILES string of the molecule is COCCNC(=O)c1nc(O[C@H](C)COC)nc(N2CCC(c3c[nH]c4nccc(OC)c34)CC2)n1. The standard InChI is InChI=1S/C24H33N7O5/c1-15(14-34-3)36-24-29-21(22(32)26-9-12-33-2)28-23(30-24)31-10-6-16(7-11-31)17-13-27-20-19(17)18(35-4)5-8-25-20/h5,8,13,15-16H,6-7,9-12,14H2,1-4H3,(H,25,27)(H,26,32)/t15-/m1/s1. The number of nitrogens with zero attached hydrogens (tertiary/aromatic N) is 5. The van der Waals surface area contributed by atoms with Crippen molar-refractivity contribution >= 4 is 22.9 Å². The zero-order valence-electron chi connectivity index (χ0n) is 21.1. The molecule has 194 valence electrons. The van der Waals surface area contributed by atoms with Crippen molar-refractivity contribution in [1.82, 2.24) is 30.2 Å². The highest BCUT2D eigenvalue weighted by Gasteiger charge is 2.27. The van der Waals surface area contributed by atoms with Crippen LogP contribution in [0.25, 0.3) is 11.0 Å². The van der Waals surface area contributed by atoms with Gasteiger partial charge in [-0.3, -0.25) is 4.79 Å². The molecule has 2 N–H and O–H groups in total. The maximum absolute atomic E-state index is 12.7. The smallest absolute Gasteiger partial charge is 0.322 e. The van der Waals surface area contributed by atoms with Crippen molar-refractivity contribution in [3.05, 3.63) is 29.8 Å². The first-order valence-corrected chi connectivity index (χ1v) is 12.0. The molecule has 4 rings (SSSR count). The molecule has 1 amide bonds. The van der Waals surface area contributed by atoms with Gasteiger partial charge in [0.2, 0.25) is 11.8 Å². The summed E-state index contributed by atoms with van der Waals surface area (Å²) < 4.78 is 21.5. The Morgan fingerprint density at radius 2 is 2.00 bits per heavy atom. The molecule has 36 heavy (non-hydrogen) atoms. The lowest BCUT2D eigenvalue weighted by Gasteiger charge is -2.32. The second kappa shape index (κ2) is 12.0. The van der Waals surface area contributed by atoms with Gasteiger partial charge in [0, 0.05) is 46.2 Å². The fraction of sp³-hybridized carbons (Fsp3) is 0.542. The number of methoxy groups -OCH3 is 3. The van der Waals surface area contributed by atoms with Crippen molar-refractivity contribution in [2.45, 2.75) is 31.8 Å². The molecule has 3 aromatic rings. The van der Waals surface area contributed by atoms with Crippen LogP contribution in [0.3, 0.4) is 0 Å². The van der Waals surface area contributed by atoms with Gasteiger partial charge in [-0.15, -0.1) is 0 Å². The van der Waals surface area contributed by atoms with Gasteiger partial charge >= 0.3 is 6.01 Å². The number of rotatable bonds is 11. The van der Waals surface area contributed by atoms with Crippen LogP contribution in [0, 0.1) is 0 Å². The lowest BCUT2D eigenvalue weighted by molar-refractivity contribution is 0.0836.